The molecule has 0 aromatic carbocycles. The van der Waals surface area contributed by atoms with Crippen LogP contribution in [0.3, 0.4) is 0 Å². The van der Waals surface area contributed by atoms with Crippen LogP contribution in [0.5, 0.6) is 0 Å². The Hall–Kier alpha value is 0.310. The second-order valence-electron chi connectivity index (χ2n) is 3.25. The quantitative estimate of drug-likeness (QED) is 0.533. The van der Waals surface area contributed by atoms with Crippen LogP contribution in [0.1, 0.15) is 25.7 Å². The molecule has 0 unspecified atom stereocenters. The highest BCUT2D eigenvalue weighted by molar-refractivity contribution is 7.99. The second-order valence-corrected chi connectivity index (χ2v) is 4.47. The van der Waals surface area contributed by atoms with Crippen molar-refractivity contribution in [1.82, 2.24) is 0 Å². The van der Waals surface area contributed by atoms with Crippen LogP contribution in [0.15, 0.2) is 0 Å². The van der Waals surface area contributed by atoms with E-state index in [0.717, 1.165) is 6.61 Å². The summed E-state index contributed by atoms with van der Waals surface area (Å²) in [5, 5.41) is 0. The molecule has 0 aromatic heterocycles. The molecule has 0 aromatic rings. The lowest BCUT2D eigenvalue weighted by Crippen LogP contribution is -2.18. The van der Waals surface area contributed by atoms with Crippen molar-refractivity contribution in [3.05, 3.63) is 0 Å². The first-order valence-electron chi connectivity index (χ1n) is 4.13. The first kappa shape index (κ1) is 6.99. The molecule has 1 saturated carbocycles. The Balaban J connectivity index is 1.84. The molecule has 1 aliphatic heterocycles. The lowest BCUT2D eigenvalue weighted by Gasteiger charge is -2.18. The molecule has 1 spiro atoms. The number of rotatable bonds is 0. The van der Waals surface area contributed by atoms with Gasteiger partial charge in [0, 0.05) is 6.61 Å². The predicted molar refractivity (Wildman–Crippen MR) is 44.5 cm³/mol. The summed E-state index contributed by atoms with van der Waals surface area (Å²) >= 11 is 2.09. The molecule has 0 N–H and O–H groups in total. The van der Waals surface area contributed by atoms with Gasteiger partial charge in [-0.2, -0.15) is 11.8 Å². The van der Waals surface area contributed by atoms with Gasteiger partial charge in [-0.3, -0.25) is 0 Å². The van der Waals surface area contributed by atoms with Crippen LogP contribution in [0.4, 0.5) is 0 Å². The normalized spacial score (nSPS) is 31.2. The molecule has 2 heteroatoms. The average Bonchev–Trinajstić information content (AvgIpc) is 2.61. The van der Waals surface area contributed by atoms with Crippen molar-refractivity contribution < 1.29 is 4.74 Å². The summed E-state index contributed by atoms with van der Waals surface area (Å²) < 4.78 is 5.77. The monoisotopic (exact) mass is 158 g/mol. The minimum atomic E-state index is 0.382. The predicted octanol–water partition coefficient (Wildman–Crippen LogP) is 2.06. The van der Waals surface area contributed by atoms with Crippen LogP contribution in [0.25, 0.3) is 0 Å². The third-order valence-electron chi connectivity index (χ3n) is 2.35. The van der Waals surface area contributed by atoms with Crippen molar-refractivity contribution in [2.45, 2.75) is 31.3 Å². The Labute approximate surface area is 66.5 Å². The third kappa shape index (κ3) is 1.48. The highest BCUT2D eigenvalue weighted by Crippen LogP contribution is 2.44. The zero-order valence-electron chi connectivity index (χ0n) is 6.27. The van der Waals surface area contributed by atoms with E-state index < -0.39 is 0 Å². The molecule has 10 heavy (non-hydrogen) atoms. The van der Waals surface area contributed by atoms with Crippen molar-refractivity contribution in [2.75, 3.05) is 18.1 Å². The van der Waals surface area contributed by atoms with Gasteiger partial charge >= 0.3 is 0 Å². The molecule has 1 saturated heterocycles. The van der Waals surface area contributed by atoms with Gasteiger partial charge < -0.3 is 4.74 Å². The van der Waals surface area contributed by atoms with Gasteiger partial charge in [-0.25, -0.2) is 0 Å². The molecule has 0 bridgehead atoms. The van der Waals surface area contributed by atoms with Gasteiger partial charge in [0.15, 0.2) is 0 Å². The minimum Gasteiger partial charge on any atom is -0.375 e. The van der Waals surface area contributed by atoms with Gasteiger partial charge in [-0.1, -0.05) is 0 Å². The summed E-state index contributed by atoms with van der Waals surface area (Å²) in [5.41, 5.74) is 0.382. The van der Waals surface area contributed by atoms with Crippen molar-refractivity contribution in [1.29, 1.82) is 0 Å². The van der Waals surface area contributed by atoms with Gasteiger partial charge in [-0.15, -0.1) is 0 Å². The molecule has 0 atom stereocenters. The molecule has 2 fully saturated rings. The van der Waals surface area contributed by atoms with Gasteiger partial charge in [0.05, 0.1) is 5.60 Å². The van der Waals surface area contributed by atoms with Crippen molar-refractivity contribution in [2.24, 2.45) is 0 Å². The Morgan fingerprint density at radius 2 is 2.00 bits per heavy atom. The van der Waals surface area contributed by atoms with Crippen LogP contribution in [-0.4, -0.2) is 23.7 Å². The summed E-state index contributed by atoms with van der Waals surface area (Å²) in [6.07, 6.45) is 5.21. The Morgan fingerprint density at radius 1 is 1.10 bits per heavy atom. The lowest BCUT2D eigenvalue weighted by molar-refractivity contribution is 0.0305. The largest absolute Gasteiger partial charge is 0.375 e. The fourth-order valence-electron chi connectivity index (χ4n) is 1.42. The highest BCUT2D eigenvalue weighted by Gasteiger charge is 2.43. The molecule has 1 nitrogen and oxygen atoms in total. The van der Waals surface area contributed by atoms with Crippen molar-refractivity contribution in [3.8, 4) is 0 Å². The van der Waals surface area contributed by atoms with E-state index in [1.165, 1.54) is 37.2 Å². The Morgan fingerprint density at radius 3 is 2.80 bits per heavy atom. The van der Waals surface area contributed by atoms with E-state index in [-0.39, 0.29) is 0 Å². The fraction of sp³-hybridized carbons (Fsp3) is 1.00. The maximum Gasteiger partial charge on any atom is 0.0692 e. The van der Waals surface area contributed by atoms with Crippen molar-refractivity contribution in [3.63, 3.8) is 0 Å². The van der Waals surface area contributed by atoms with Crippen molar-refractivity contribution >= 4 is 11.8 Å². The third-order valence-corrected chi connectivity index (χ3v) is 3.42. The van der Waals surface area contributed by atoms with E-state index >= 15 is 0 Å². The highest BCUT2D eigenvalue weighted by atomic mass is 32.2. The van der Waals surface area contributed by atoms with Gasteiger partial charge in [0.2, 0.25) is 0 Å². The number of hydrogen-bond acceptors (Lipinski definition) is 2. The van der Waals surface area contributed by atoms with Crippen LogP contribution >= 0.6 is 11.8 Å². The molecule has 1 heterocycles. The van der Waals surface area contributed by atoms with Crippen LogP contribution in [-0.2, 0) is 4.74 Å². The molecule has 0 radical (unpaired) electrons. The molecule has 2 aliphatic rings. The standard InChI is InChI=1S/C8H14OS/c1-5-9-8(2-3-8)4-7-10-6-1/h1-7H2. The molecular weight excluding hydrogens is 144 g/mol. The van der Waals surface area contributed by atoms with Crippen LogP contribution in [0, 0.1) is 0 Å². The van der Waals surface area contributed by atoms with E-state index in [0.29, 0.717) is 5.60 Å². The van der Waals surface area contributed by atoms with E-state index in [9.17, 15) is 0 Å². The summed E-state index contributed by atoms with van der Waals surface area (Å²) in [7, 11) is 0. The number of ether oxygens (including phenoxy) is 1. The zero-order chi connectivity index (χ0) is 6.86. The number of thioether (sulfide) groups is 1. The van der Waals surface area contributed by atoms with Crippen LogP contribution in [0.2, 0.25) is 0 Å². The second kappa shape index (κ2) is 2.74. The summed E-state index contributed by atoms with van der Waals surface area (Å²) in [4.78, 5) is 0. The van der Waals surface area contributed by atoms with Gasteiger partial charge in [0.25, 0.3) is 0 Å². The smallest absolute Gasteiger partial charge is 0.0692 e. The maximum atomic E-state index is 5.77. The zero-order valence-corrected chi connectivity index (χ0v) is 7.08. The van der Waals surface area contributed by atoms with E-state index in [4.69, 9.17) is 4.74 Å². The molecule has 0 amide bonds. The number of hydrogen-bond donors (Lipinski definition) is 0. The van der Waals surface area contributed by atoms with Crippen LogP contribution < -0.4 is 0 Å². The fourth-order valence-corrected chi connectivity index (χ4v) is 2.46. The minimum absolute atomic E-state index is 0.382. The Bertz CT molecular complexity index is 110. The van der Waals surface area contributed by atoms with Gasteiger partial charge in [-0.05, 0) is 37.2 Å². The molecular formula is C8H14OS. The Kier molecular flexibility index (Phi) is 1.92. The molecule has 2 rings (SSSR count). The summed E-state index contributed by atoms with van der Waals surface area (Å²) in [6.45, 7) is 1.01. The summed E-state index contributed by atoms with van der Waals surface area (Å²) in [5.74, 6) is 2.62. The van der Waals surface area contributed by atoms with E-state index in [2.05, 4.69) is 11.8 Å². The maximum absolute atomic E-state index is 5.77. The first-order valence-corrected chi connectivity index (χ1v) is 5.29. The van der Waals surface area contributed by atoms with E-state index in [1.54, 1.807) is 0 Å². The first-order chi connectivity index (χ1) is 4.91. The topological polar surface area (TPSA) is 9.23 Å². The van der Waals surface area contributed by atoms with Gasteiger partial charge in [0.1, 0.15) is 0 Å². The van der Waals surface area contributed by atoms with E-state index in [1.807, 2.05) is 0 Å². The average molecular weight is 158 g/mol. The lowest BCUT2D eigenvalue weighted by atomic mass is 10.2. The SMILES string of the molecule is C1COC2(CCSC1)CC2. The molecule has 1 aliphatic carbocycles. The molecule has 58 valence electrons. The summed E-state index contributed by atoms with van der Waals surface area (Å²) in [6, 6.07) is 0.